The Hall–Kier alpha value is -0.790. The van der Waals surface area contributed by atoms with E-state index in [1.807, 2.05) is 6.92 Å². The number of carbonyl (C=O) groups is 1. The van der Waals surface area contributed by atoms with Gasteiger partial charge in [-0.2, -0.15) is 0 Å². The highest BCUT2D eigenvalue weighted by Crippen LogP contribution is 2.45. The van der Waals surface area contributed by atoms with Crippen molar-refractivity contribution in [2.24, 2.45) is 11.3 Å². The first-order valence-corrected chi connectivity index (χ1v) is 5.20. The second kappa shape index (κ2) is 3.76. The molecule has 0 saturated heterocycles. The smallest absolute Gasteiger partial charge is 0.302 e. The first-order chi connectivity index (χ1) is 6.35. The Kier molecular flexibility index (Phi) is 3.03. The van der Waals surface area contributed by atoms with Crippen LogP contribution in [0.15, 0.2) is 11.6 Å². The van der Waals surface area contributed by atoms with Gasteiger partial charge in [0.2, 0.25) is 0 Å². The van der Waals surface area contributed by atoms with E-state index in [4.69, 9.17) is 4.74 Å². The van der Waals surface area contributed by atoms with Crippen molar-refractivity contribution in [2.75, 3.05) is 0 Å². The van der Waals surface area contributed by atoms with Gasteiger partial charge in [-0.1, -0.05) is 25.5 Å². The van der Waals surface area contributed by atoms with E-state index in [0.717, 1.165) is 6.42 Å². The molecule has 1 aliphatic carbocycles. The van der Waals surface area contributed by atoms with Crippen molar-refractivity contribution < 1.29 is 9.53 Å². The maximum atomic E-state index is 10.9. The third kappa shape index (κ3) is 1.99. The summed E-state index contributed by atoms with van der Waals surface area (Å²) in [7, 11) is 0. The normalized spacial score (nSPS) is 26.9. The van der Waals surface area contributed by atoms with Crippen molar-refractivity contribution in [3.63, 3.8) is 0 Å². The van der Waals surface area contributed by atoms with E-state index < -0.39 is 0 Å². The molecule has 0 aromatic heterocycles. The Labute approximate surface area is 86.3 Å². The summed E-state index contributed by atoms with van der Waals surface area (Å²) in [4.78, 5) is 10.9. The van der Waals surface area contributed by atoms with Gasteiger partial charge >= 0.3 is 5.97 Å². The van der Waals surface area contributed by atoms with E-state index in [2.05, 4.69) is 26.8 Å². The van der Waals surface area contributed by atoms with Gasteiger partial charge in [-0.15, -0.1) is 0 Å². The minimum absolute atomic E-state index is 0.0104. The number of ether oxygens (including phenoxy) is 1. The van der Waals surface area contributed by atoms with Gasteiger partial charge in [-0.3, -0.25) is 4.79 Å². The molecule has 0 heterocycles. The number of esters is 1. The van der Waals surface area contributed by atoms with Crippen LogP contribution in [0.1, 0.15) is 41.0 Å². The molecule has 14 heavy (non-hydrogen) atoms. The molecule has 0 aromatic rings. The van der Waals surface area contributed by atoms with E-state index in [0.29, 0.717) is 5.92 Å². The third-order valence-corrected chi connectivity index (χ3v) is 3.54. The second-order valence-electron chi connectivity index (χ2n) is 4.77. The van der Waals surface area contributed by atoms with Crippen molar-refractivity contribution >= 4 is 5.97 Å². The SMILES string of the molecule is CC(=O)OC(C)C1CC=C(C)C1(C)C. The van der Waals surface area contributed by atoms with Crippen molar-refractivity contribution in [1.29, 1.82) is 0 Å². The van der Waals surface area contributed by atoms with Gasteiger partial charge in [0.25, 0.3) is 0 Å². The fourth-order valence-corrected chi connectivity index (χ4v) is 2.28. The first kappa shape index (κ1) is 11.3. The summed E-state index contributed by atoms with van der Waals surface area (Å²) in [6.45, 7) is 10.0. The summed E-state index contributed by atoms with van der Waals surface area (Å²) in [5, 5.41) is 0. The molecular weight excluding hydrogens is 176 g/mol. The summed E-state index contributed by atoms with van der Waals surface area (Å²) >= 11 is 0. The quantitative estimate of drug-likeness (QED) is 0.501. The van der Waals surface area contributed by atoms with E-state index in [1.54, 1.807) is 0 Å². The summed E-state index contributed by atoms with van der Waals surface area (Å²) in [6, 6.07) is 0. The van der Waals surface area contributed by atoms with Gasteiger partial charge < -0.3 is 4.74 Å². The van der Waals surface area contributed by atoms with Gasteiger partial charge in [-0.05, 0) is 25.7 Å². The van der Waals surface area contributed by atoms with E-state index in [9.17, 15) is 4.79 Å². The molecule has 0 aromatic carbocycles. The van der Waals surface area contributed by atoms with E-state index in [1.165, 1.54) is 12.5 Å². The van der Waals surface area contributed by atoms with Crippen LogP contribution in [-0.4, -0.2) is 12.1 Å². The topological polar surface area (TPSA) is 26.3 Å². The molecule has 0 amide bonds. The van der Waals surface area contributed by atoms with Crippen LogP contribution in [-0.2, 0) is 9.53 Å². The van der Waals surface area contributed by atoms with E-state index >= 15 is 0 Å². The maximum absolute atomic E-state index is 10.9. The number of hydrogen-bond donors (Lipinski definition) is 0. The predicted octanol–water partition coefficient (Wildman–Crippen LogP) is 2.93. The minimum Gasteiger partial charge on any atom is -0.463 e. The average molecular weight is 196 g/mol. The lowest BCUT2D eigenvalue weighted by molar-refractivity contribution is -0.149. The lowest BCUT2D eigenvalue weighted by Gasteiger charge is -2.33. The molecule has 2 unspecified atom stereocenters. The van der Waals surface area contributed by atoms with E-state index in [-0.39, 0.29) is 17.5 Å². The van der Waals surface area contributed by atoms with Gasteiger partial charge in [0.1, 0.15) is 6.10 Å². The Morgan fingerprint density at radius 2 is 2.21 bits per heavy atom. The van der Waals surface area contributed by atoms with Crippen LogP contribution in [0, 0.1) is 11.3 Å². The number of rotatable bonds is 2. The van der Waals surface area contributed by atoms with Gasteiger partial charge in [0.15, 0.2) is 0 Å². The van der Waals surface area contributed by atoms with Crippen molar-refractivity contribution in [3.8, 4) is 0 Å². The largest absolute Gasteiger partial charge is 0.463 e. The molecule has 2 heteroatoms. The third-order valence-electron chi connectivity index (χ3n) is 3.54. The highest BCUT2D eigenvalue weighted by Gasteiger charge is 2.39. The van der Waals surface area contributed by atoms with Crippen molar-refractivity contribution in [2.45, 2.75) is 47.1 Å². The van der Waals surface area contributed by atoms with Crippen molar-refractivity contribution in [3.05, 3.63) is 11.6 Å². The zero-order valence-electron chi connectivity index (χ0n) is 9.76. The molecule has 0 spiro atoms. The number of hydrogen-bond acceptors (Lipinski definition) is 2. The molecule has 0 bridgehead atoms. The van der Waals surface area contributed by atoms with Crippen LogP contribution < -0.4 is 0 Å². The first-order valence-electron chi connectivity index (χ1n) is 5.20. The maximum Gasteiger partial charge on any atom is 0.302 e. The van der Waals surface area contributed by atoms with Crippen LogP contribution >= 0.6 is 0 Å². The summed E-state index contributed by atoms with van der Waals surface area (Å²) in [6.07, 6.45) is 3.29. The van der Waals surface area contributed by atoms with Crippen LogP contribution in [0.25, 0.3) is 0 Å². The average Bonchev–Trinajstić information content (AvgIpc) is 2.26. The molecule has 0 radical (unpaired) electrons. The second-order valence-corrected chi connectivity index (χ2v) is 4.77. The number of allylic oxidation sites excluding steroid dienone is 2. The Balaban J connectivity index is 2.68. The molecule has 0 fully saturated rings. The summed E-state index contributed by atoms with van der Waals surface area (Å²) < 4.78 is 5.25. The van der Waals surface area contributed by atoms with Crippen LogP contribution in [0.3, 0.4) is 0 Å². The summed E-state index contributed by atoms with van der Waals surface area (Å²) in [5.41, 5.74) is 1.57. The highest BCUT2D eigenvalue weighted by atomic mass is 16.5. The molecular formula is C12H20O2. The van der Waals surface area contributed by atoms with Gasteiger partial charge in [0.05, 0.1) is 0 Å². The van der Waals surface area contributed by atoms with Crippen molar-refractivity contribution in [1.82, 2.24) is 0 Å². The summed E-state index contributed by atoms with van der Waals surface area (Å²) in [5.74, 6) is 0.240. The zero-order chi connectivity index (χ0) is 10.9. The molecule has 0 saturated carbocycles. The lowest BCUT2D eigenvalue weighted by Crippen LogP contribution is -2.32. The lowest BCUT2D eigenvalue weighted by atomic mass is 9.75. The zero-order valence-corrected chi connectivity index (χ0v) is 9.76. The molecule has 0 aliphatic heterocycles. The predicted molar refractivity (Wildman–Crippen MR) is 56.9 cm³/mol. The fraction of sp³-hybridized carbons (Fsp3) is 0.750. The Morgan fingerprint density at radius 3 is 2.57 bits per heavy atom. The standard InChI is InChI=1S/C12H20O2/c1-8-6-7-11(12(8,4)5)9(2)14-10(3)13/h6,9,11H,7H2,1-5H3. The monoisotopic (exact) mass is 196 g/mol. The molecule has 0 N–H and O–H groups in total. The molecule has 80 valence electrons. The minimum atomic E-state index is -0.183. The highest BCUT2D eigenvalue weighted by molar-refractivity contribution is 5.66. The Morgan fingerprint density at radius 1 is 1.64 bits per heavy atom. The molecule has 1 aliphatic rings. The van der Waals surface area contributed by atoms with Gasteiger partial charge in [-0.25, -0.2) is 0 Å². The molecule has 2 atom stereocenters. The van der Waals surface area contributed by atoms with Crippen LogP contribution in [0.2, 0.25) is 0 Å². The van der Waals surface area contributed by atoms with Crippen LogP contribution in [0.4, 0.5) is 0 Å². The molecule has 1 rings (SSSR count). The van der Waals surface area contributed by atoms with Gasteiger partial charge in [0, 0.05) is 12.8 Å². The fourth-order valence-electron chi connectivity index (χ4n) is 2.28. The van der Waals surface area contributed by atoms with Crippen LogP contribution in [0.5, 0.6) is 0 Å². The Bertz CT molecular complexity index is 263. The molecule has 2 nitrogen and oxygen atoms in total. The number of carbonyl (C=O) groups excluding carboxylic acids is 1.